The Balaban J connectivity index is 2.73. The maximum absolute atomic E-state index is 11.5. The molecule has 0 spiro atoms. The highest BCUT2D eigenvalue weighted by atomic mass is 16.2. The van der Waals surface area contributed by atoms with Crippen molar-refractivity contribution in [3.63, 3.8) is 0 Å². The van der Waals surface area contributed by atoms with Crippen molar-refractivity contribution in [2.24, 2.45) is 5.73 Å². The van der Waals surface area contributed by atoms with Crippen molar-refractivity contribution >= 4 is 11.8 Å². The lowest BCUT2D eigenvalue weighted by Crippen LogP contribution is -2.59. The van der Waals surface area contributed by atoms with Crippen molar-refractivity contribution in [1.82, 2.24) is 9.80 Å². The van der Waals surface area contributed by atoms with Crippen LogP contribution in [0, 0.1) is 0 Å². The molecule has 2 N–H and O–H groups in total. The van der Waals surface area contributed by atoms with Gasteiger partial charge in [-0.15, -0.1) is 0 Å². The molecule has 14 heavy (non-hydrogen) atoms. The number of nitrogens with zero attached hydrogens (tertiary/aromatic N) is 2. The third-order valence-electron chi connectivity index (χ3n) is 2.49. The molecule has 0 radical (unpaired) electrons. The number of carbonyl (C=O) groups is 2. The van der Waals surface area contributed by atoms with Gasteiger partial charge in [0, 0.05) is 32.2 Å². The average Bonchev–Trinajstić information content (AvgIpc) is 2.15. The highest BCUT2D eigenvalue weighted by Crippen LogP contribution is 2.10. The van der Waals surface area contributed by atoms with Gasteiger partial charge in [-0.25, -0.2) is 0 Å². The monoisotopic (exact) mass is 199 g/mol. The molecule has 0 bridgehead atoms. The minimum absolute atomic E-state index is 0.0942. The summed E-state index contributed by atoms with van der Waals surface area (Å²) in [5, 5.41) is 0. The molecule has 1 unspecified atom stereocenters. The van der Waals surface area contributed by atoms with Gasteiger partial charge in [0.1, 0.15) is 0 Å². The summed E-state index contributed by atoms with van der Waals surface area (Å²) in [6.45, 7) is 5.86. The number of hydrogen-bond acceptors (Lipinski definition) is 3. The largest absolute Gasteiger partial charge is 0.331 e. The van der Waals surface area contributed by atoms with Crippen LogP contribution in [0.4, 0.5) is 0 Å². The van der Waals surface area contributed by atoms with Gasteiger partial charge < -0.3 is 15.5 Å². The number of amides is 2. The summed E-state index contributed by atoms with van der Waals surface area (Å²) in [4.78, 5) is 26.2. The molecule has 0 aliphatic carbocycles. The zero-order valence-corrected chi connectivity index (χ0v) is 8.69. The second-order valence-electron chi connectivity index (χ2n) is 3.48. The molecule has 1 aliphatic heterocycles. The fourth-order valence-corrected chi connectivity index (χ4v) is 1.76. The first kappa shape index (κ1) is 11.0. The fraction of sp³-hybridized carbons (Fsp3) is 0.778. The van der Waals surface area contributed by atoms with Gasteiger partial charge in [-0.1, -0.05) is 0 Å². The number of likely N-dealkylation sites (N-methyl/N-ethyl adjacent to an activating group) is 1. The van der Waals surface area contributed by atoms with E-state index < -0.39 is 11.8 Å². The molecule has 1 rings (SSSR count). The molecule has 5 heteroatoms. The van der Waals surface area contributed by atoms with Gasteiger partial charge in [-0.2, -0.15) is 0 Å². The van der Waals surface area contributed by atoms with E-state index in [4.69, 9.17) is 5.73 Å². The Morgan fingerprint density at radius 3 is 2.57 bits per heavy atom. The van der Waals surface area contributed by atoms with Crippen LogP contribution in [0.1, 0.15) is 13.8 Å². The molecule has 0 aromatic carbocycles. The smallest absolute Gasteiger partial charge is 0.312 e. The van der Waals surface area contributed by atoms with E-state index in [0.717, 1.165) is 0 Å². The van der Waals surface area contributed by atoms with Crippen LogP contribution in [0.5, 0.6) is 0 Å². The standard InChI is InChI=1S/C9H17N3O2/c1-3-12-7(2)6-11(5-4-10)8(13)9(12)14/h7H,3-6,10H2,1-2H3. The molecule has 2 amide bonds. The minimum Gasteiger partial charge on any atom is -0.331 e. The molecular weight excluding hydrogens is 182 g/mol. The molecule has 0 saturated carbocycles. The van der Waals surface area contributed by atoms with Crippen molar-refractivity contribution in [2.45, 2.75) is 19.9 Å². The first-order valence-electron chi connectivity index (χ1n) is 4.91. The zero-order chi connectivity index (χ0) is 10.7. The van der Waals surface area contributed by atoms with Crippen LogP contribution in [0.3, 0.4) is 0 Å². The summed E-state index contributed by atoms with van der Waals surface area (Å²) in [5.41, 5.74) is 5.36. The Kier molecular flexibility index (Phi) is 3.46. The third-order valence-corrected chi connectivity index (χ3v) is 2.49. The molecule has 1 atom stereocenters. The van der Waals surface area contributed by atoms with Gasteiger partial charge in [0.25, 0.3) is 0 Å². The SMILES string of the molecule is CCN1C(=O)C(=O)N(CCN)CC1C. The van der Waals surface area contributed by atoms with E-state index in [2.05, 4.69) is 0 Å². The van der Waals surface area contributed by atoms with E-state index >= 15 is 0 Å². The quantitative estimate of drug-likeness (QED) is 0.594. The molecule has 80 valence electrons. The summed E-state index contributed by atoms with van der Waals surface area (Å²) in [6.07, 6.45) is 0. The fourth-order valence-electron chi connectivity index (χ4n) is 1.76. The van der Waals surface area contributed by atoms with Gasteiger partial charge in [-0.3, -0.25) is 9.59 Å². The van der Waals surface area contributed by atoms with Crippen LogP contribution in [0.15, 0.2) is 0 Å². The van der Waals surface area contributed by atoms with Crippen LogP contribution in [0.2, 0.25) is 0 Å². The van der Waals surface area contributed by atoms with Crippen molar-refractivity contribution in [1.29, 1.82) is 0 Å². The average molecular weight is 199 g/mol. The molecule has 1 fully saturated rings. The zero-order valence-electron chi connectivity index (χ0n) is 8.69. The van der Waals surface area contributed by atoms with Crippen LogP contribution >= 0.6 is 0 Å². The van der Waals surface area contributed by atoms with Gasteiger partial charge in [-0.05, 0) is 13.8 Å². The molecular formula is C9H17N3O2. The van der Waals surface area contributed by atoms with E-state index in [1.807, 2.05) is 13.8 Å². The van der Waals surface area contributed by atoms with Crippen LogP contribution in [-0.4, -0.2) is 53.8 Å². The first-order chi connectivity index (χ1) is 6.61. The lowest BCUT2D eigenvalue weighted by molar-refractivity contribution is -0.158. The van der Waals surface area contributed by atoms with Gasteiger partial charge in [0.15, 0.2) is 0 Å². The lowest BCUT2D eigenvalue weighted by atomic mass is 10.2. The van der Waals surface area contributed by atoms with Crippen molar-refractivity contribution < 1.29 is 9.59 Å². The molecule has 5 nitrogen and oxygen atoms in total. The number of nitrogens with two attached hydrogens (primary N) is 1. The van der Waals surface area contributed by atoms with Crippen LogP contribution in [0.25, 0.3) is 0 Å². The van der Waals surface area contributed by atoms with Gasteiger partial charge in [0.05, 0.1) is 0 Å². The predicted molar refractivity (Wildman–Crippen MR) is 52.5 cm³/mol. The van der Waals surface area contributed by atoms with E-state index in [-0.39, 0.29) is 6.04 Å². The molecule has 1 saturated heterocycles. The number of hydrogen-bond donors (Lipinski definition) is 1. The first-order valence-corrected chi connectivity index (χ1v) is 4.91. The summed E-state index contributed by atoms with van der Waals surface area (Å²) in [5.74, 6) is -0.824. The summed E-state index contributed by atoms with van der Waals surface area (Å²) in [6, 6.07) is 0.0942. The maximum atomic E-state index is 11.5. The minimum atomic E-state index is -0.421. The maximum Gasteiger partial charge on any atom is 0.312 e. The van der Waals surface area contributed by atoms with Crippen molar-refractivity contribution in [3.8, 4) is 0 Å². The van der Waals surface area contributed by atoms with E-state index in [0.29, 0.717) is 26.2 Å². The topological polar surface area (TPSA) is 66.6 Å². The van der Waals surface area contributed by atoms with E-state index in [1.54, 1.807) is 4.90 Å². The summed E-state index contributed by atoms with van der Waals surface area (Å²) < 4.78 is 0. The van der Waals surface area contributed by atoms with E-state index in [1.165, 1.54) is 4.90 Å². The van der Waals surface area contributed by atoms with Gasteiger partial charge in [0.2, 0.25) is 0 Å². The Bertz CT molecular complexity index is 242. The Morgan fingerprint density at radius 2 is 2.07 bits per heavy atom. The molecule has 0 aromatic heterocycles. The molecule has 0 aromatic rings. The number of carbonyl (C=O) groups excluding carboxylic acids is 2. The Morgan fingerprint density at radius 1 is 1.43 bits per heavy atom. The predicted octanol–water partition coefficient (Wildman–Crippen LogP) is -0.976. The number of rotatable bonds is 3. The van der Waals surface area contributed by atoms with Gasteiger partial charge >= 0.3 is 11.8 Å². The van der Waals surface area contributed by atoms with Crippen LogP contribution < -0.4 is 5.73 Å². The second-order valence-corrected chi connectivity index (χ2v) is 3.48. The summed E-state index contributed by atoms with van der Waals surface area (Å²) in [7, 11) is 0. The Labute approximate surface area is 83.8 Å². The highest BCUT2D eigenvalue weighted by Gasteiger charge is 2.35. The Hall–Kier alpha value is -1.10. The van der Waals surface area contributed by atoms with E-state index in [9.17, 15) is 9.59 Å². The highest BCUT2D eigenvalue weighted by molar-refractivity contribution is 6.35. The molecule has 1 aliphatic rings. The van der Waals surface area contributed by atoms with Crippen LogP contribution in [-0.2, 0) is 9.59 Å². The summed E-state index contributed by atoms with van der Waals surface area (Å²) >= 11 is 0. The normalized spacial score (nSPS) is 23.2. The van der Waals surface area contributed by atoms with Crippen molar-refractivity contribution in [2.75, 3.05) is 26.2 Å². The lowest BCUT2D eigenvalue weighted by Gasteiger charge is -2.38. The van der Waals surface area contributed by atoms with Crippen molar-refractivity contribution in [3.05, 3.63) is 0 Å². The molecule has 1 heterocycles. The number of piperazine rings is 1. The second kappa shape index (κ2) is 4.41. The third kappa shape index (κ3) is 1.87.